The van der Waals surface area contributed by atoms with Crippen molar-refractivity contribution in [1.29, 1.82) is 0 Å². The molecule has 0 saturated heterocycles. The van der Waals surface area contributed by atoms with Crippen LogP contribution in [0.5, 0.6) is 0 Å². The third-order valence-electron chi connectivity index (χ3n) is 7.74. The maximum atomic E-state index is 14.8. The van der Waals surface area contributed by atoms with Crippen LogP contribution >= 0.6 is 0 Å². The number of benzene rings is 3. The van der Waals surface area contributed by atoms with Crippen molar-refractivity contribution in [1.82, 2.24) is 10.2 Å². The first-order chi connectivity index (χ1) is 21.4. The van der Waals surface area contributed by atoms with Crippen molar-refractivity contribution in [3.05, 3.63) is 101 Å². The number of nitrogens with one attached hydrogen (secondary N) is 2. The first-order valence-electron chi connectivity index (χ1n) is 16.2. The van der Waals surface area contributed by atoms with E-state index in [-0.39, 0.29) is 18.2 Å². The molecule has 0 radical (unpaired) electrons. The normalized spacial score (nSPS) is 12.6. The Morgan fingerprint density at radius 3 is 2.13 bits per heavy atom. The monoisotopic (exact) mass is 613 g/mol. The highest BCUT2D eigenvalue weighted by molar-refractivity contribution is 5.99. The Morgan fingerprint density at radius 2 is 1.49 bits per heavy atom. The number of carbonyl (C=O) groups excluding carboxylic acids is 3. The fourth-order valence-corrected chi connectivity index (χ4v) is 5.45. The molecule has 0 aromatic heterocycles. The molecule has 3 aromatic carbocycles. The molecule has 0 aliphatic rings. The smallest absolute Gasteiger partial charge is 0.408 e. The molecule has 0 aliphatic carbocycles. The first-order valence-corrected chi connectivity index (χ1v) is 16.2. The molecule has 242 valence electrons. The van der Waals surface area contributed by atoms with E-state index in [9.17, 15) is 14.4 Å². The topological polar surface area (TPSA) is 87.7 Å². The van der Waals surface area contributed by atoms with E-state index in [0.29, 0.717) is 12.2 Å². The lowest BCUT2D eigenvalue weighted by Gasteiger charge is -2.35. The Kier molecular flexibility index (Phi) is 13.2. The van der Waals surface area contributed by atoms with Gasteiger partial charge in [0, 0.05) is 18.7 Å². The predicted octanol–water partition coefficient (Wildman–Crippen LogP) is 8.23. The van der Waals surface area contributed by atoms with Crippen LogP contribution < -0.4 is 10.6 Å². The Balaban J connectivity index is 2.10. The van der Waals surface area contributed by atoms with Crippen LogP contribution in [-0.4, -0.2) is 41.0 Å². The number of ether oxygens (including phenoxy) is 1. The molecule has 0 heterocycles. The summed E-state index contributed by atoms with van der Waals surface area (Å²) in [4.78, 5) is 43.9. The van der Waals surface area contributed by atoms with E-state index in [1.165, 1.54) is 0 Å². The molecule has 7 heteroatoms. The molecule has 0 saturated carbocycles. The molecule has 3 aromatic rings. The number of unbranched alkanes of at least 4 members (excludes halogenated alkanes) is 4. The zero-order chi connectivity index (χ0) is 33.0. The SMILES string of the molecule is CCCCCCCN(C(=O)C(Cc1ccccc1)NC(=O)OC(C)(C)C)C(C(=O)Nc1ccccc1C)c1ccc(C)cc1C. The lowest BCUT2D eigenvalue weighted by molar-refractivity contribution is -0.140. The van der Waals surface area contributed by atoms with E-state index in [2.05, 4.69) is 17.6 Å². The number of hydrogen-bond donors (Lipinski definition) is 2. The van der Waals surface area contributed by atoms with E-state index < -0.39 is 23.8 Å². The van der Waals surface area contributed by atoms with Gasteiger partial charge in [-0.2, -0.15) is 0 Å². The molecule has 0 bridgehead atoms. The zero-order valence-corrected chi connectivity index (χ0v) is 28.1. The van der Waals surface area contributed by atoms with Gasteiger partial charge in [-0.1, -0.05) is 105 Å². The number of aryl methyl sites for hydroxylation is 3. The van der Waals surface area contributed by atoms with E-state index in [0.717, 1.165) is 59.9 Å². The van der Waals surface area contributed by atoms with Crippen molar-refractivity contribution < 1.29 is 19.1 Å². The summed E-state index contributed by atoms with van der Waals surface area (Å²) in [6, 6.07) is 21.3. The number of nitrogens with zero attached hydrogens (tertiary/aromatic N) is 1. The number of para-hydroxylation sites is 1. The van der Waals surface area contributed by atoms with Gasteiger partial charge in [0.25, 0.3) is 5.91 Å². The van der Waals surface area contributed by atoms with E-state index in [1.54, 1.807) is 25.7 Å². The van der Waals surface area contributed by atoms with Crippen molar-refractivity contribution in [2.24, 2.45) is 0 Å². The predicted molar refractivity (Wildman–Crippen MR) is 182 cm³/mol. The number of amides is 3. The standard InChI is InChI=1S/C38H51N3O4/c1-8-9-10-11-17-24-41(36(43)33(26-30-19-13-12-14-20-30)40-37(44)45-38(5,6)7)34(31-23-22-27(2)25-29(31)4)35(42)39-32-21-16-15-18-28(32)3/h12-16,18-23,25,33-34H,8-11,17,24,26H2,1-7H3,(H,39,42)(H,40,44). The summed E-state index contributed by atoms with van der Waals surface area (Å²) in [7, 11) is 0. The lowest BCUT2D eigenvalue weighted by Crippen LogP contribution is -2.53. The largest absolute Gasteiger partial charge is 0.444 e. The summed E-state index contributed by atoms with van der Waals surface area (Å²) in [5.41, 5.74) is 4.52. The number of hydrogen-bond acceptors (Lipinski definition) is 4. The molecule has 0 spiro atoms. The molecule has 7 nitrogen and oxygen atoms in total. The molecule has 3 rings (SSSR count). The average Bonchev–Trinajstić information content (AvgIpc) is 2.97. The van der Waals surface area contributed by atoms with E-state index in [1.807, 2.05) is 93.6 Å². The molecular formula is C38H51N3O4. The fourth-order valence-electron chi connectivity index (χ4n) is 5.45. The fraction of sp³-hybridized carbons (Fsp3) is 0.447. The van der Waals surface area contributed by atoms with Crippen molar-refractivity contribution in [2.45, 2.75) is 105 Å². The van der Waals surface area contributed by atoms with Gasteiger partial charge in [-0.3, -0.25) is 9.59 Å². The molecule has 0 aliphatic heterocycles. The van der Waals surface area contributed by atoms with Gasteiger partial charge in [0.05, 0.1) is 0 Å². The van der Waals surface area contributed by atoms with Crippen LogP contribution in [0.1, 0.15) is 93.7 Å². The molecule has 2 unspecified atom stereocenters. The number of rotatable bonds is 14. The van der Waals surface area contributed by atoms with Crippen molar-refractivity contribution >= 4 is 23.6 Å². The summed E-state index contributed by atoms with van der Waals surface area (Å²) >= 11 is 0. The molecule has 45 heavy (non-hydrogen) atoms. The molecule has 2 atom stereocenters. The summed E-state index contributed by atoms with van der Waals surface area (Å²) in [5, 5.41) is 5.97. The van der Waals surface area contributed by atoms with Gasteiger partial charge in [0.2, 0.25) is 5.91 Å². The summed E-state index contributed by atoms with van der Waals surface area (Å²) < 4.78 is 5.58. The molecule has 2 N–H and O–H groups in total. The highest BCUT2D eigenvalue weighted by Gasteiger charge is 2.37. The number of alkyl carbamates (subject to hydrolysis) is 1. The first kappa shape index (κ1) is 35.4. The van der Waals surface area contributed by atoms with Crippen LogP contribution in [0.2, 0.25) is 0 Å². The summed E-state index contributed by atoms with van der Waals surface area (Å²) in [5.74, 6) is -0.626. The highest BCUT2D eigenvalue weighted by atomic mass is 16.6. The molecular weight excluding hydrogens is 562 g/mol. The summed E-state index contributed by atoms with van der Waals surface area (Å²) in [6.07, 6.45) is 4.50. The summed E-state index contributed by atoms with van der Waals surface area (Å²) in [6.45, 7) is 13.8. The Bertz CT molecular complexity index is 1410. The van der Waals surface area contributed by atoms with E-state index >= 15 is 0 Å². The number of anilines is 1. The minimum atomic E-state index is -0.947. The number of carbonyl (C=O) groups is 3. The van der Waals surface area contributed by atoms with Crippen LogP contribution in [-0.2, 0) is 20.7 Å². The van der Waals surface area contributed by atoms with Gasteiger partial charge in [-0.25, -0.2) is 4.79 Å². The average molecular weight is 614 g/mol. The zero-order valence-electron chi connectivity index (χ0n) is 28.1. The maximum absolute atomic E-state index is 14.8. The second-order valence-corrected chi connectivity index (χ2v) is 12.9. The molecule has 3 amide bonds. The Hall–Kier alpha value is -4.13. The van der Waals surface area contributed by atoms with Crippen LogP contribution in [0.3, 0.4) is 0 Å². The quantitative estimate of drug-likeness (QED) is 0.179. The van der Waals surface area contributed by atoms with Gasteiger partial charge < -0.3 is 20.3 Å². The second kappa shape index (κ2) is 16.8. The van der Waals surface area contributed by atoms with Crippen molar-refractivity contribution in [3.63, 3.8) is 0 Å². The van der Waals surface area contributed by atoms with Gasteiger partial charge in [-0.15, -0.1) is 0 Å². The van der Waals surface area contributed by atoms with Gasteiger partial charge in [-0.05, 0) is 76.3 Å². The van der Waals surface area contributed by atoms with Crippen LogP contribution in [0.15, 0.2) is 72.8 Å². The van der Waals surface area contributed by atoms with Gasteiger partial charge in [0.15, 0.2) is 0 Å². The maximum Gasteiger partial charge on any atom is 0.408 e. The minimum absolute atomic E-state index is 0.254. The van der Waals surface area contributed by atoms with Gasteiger partial charge in [0.1, 0.15) is 17.7 Å². The van der Waals surface area contributed by atoms with E-state index in [4.69, 9.17) is 4.74 Å². The minimum Gasteiger partial charge on any atom is -0.444 e. The second-order valence-electron chi connectivity index (χ2n) is 12.9. The third-order valence-corrected chi connectivity index (χ3v) is 7.74. The van der Waals surface area contributed by atoms with Crippen LogP contribution in [0, 0.1) is 20.8 Å². The molecule has 0 fully saturated rings. The van der Waals surface area contributed by atoms with Crippen molar-refractivity contribution in [2.75, 3.05) is 11.9 Å². The Morgan fingerprint density at radius 1 is 0.822 bits per heavy atom. The van der Waals surface area contributed by atoms with Crippen molar-refractivity contribution in [3.8, 4) is 0 Å². The van der Waals surface area contributed by atoms with Crippen LogP contribution in [0.25, 0.3) is 0 Å². The van der Waals surface area contributed by atoms with Gasteiger partial charge >= 0.3 is 6.09 Å². The highest BCUT2D eigenvalue weighted by Crippen LogP contribution is 2.29. The Labute approximate surface area is 269 Å². The lowest BCUT2D eigenvalue weighted by atomic mass is 9.95. The third kappa shape index (κ3) is 11.1. The van der Waals surface area contributed by atoms with Crippen LogP contribution in [0.4, 0.5) is 10.5 Å².